The van der Waals surface area contributed by atoms with E-state index in [1.807, 2.05) is 0 Å². The van der Waals surface area contributed by atoms with Crippen molar-refractivity contribution in [2.24, 2.45) is 0 Å². The highest BCUT2D eigenvalue weighted by Gasteiger charge is 2.22. The van der Waals surface area contributed by atoms with Crippen molar-refractivity contribution in [1.82, 2.24) is 5.32 Å². The fourth-order valence-corrected chi connectivity index (χ4v) is 1.48. The van der Waals surface area contributed by atoms with Crippen molar-refractivity contribution < 1.29 is 13.6 Å². The Morgan fingerprint density at radius 1 is 1.35 bits per heavy atom. The van der Waals surface area contributed by atoms with Crippen LogP contribution in [-0.2, 0) is 4.79 Å². The van der Waals surface area contributed by atoms with Gasteiger partial charge in [-0.15, -0.1) is 0 Å². The first-order chi connectivity index (χ1) is 8.16. The number of anilines is 1. The molecule has 17 heavy (non-hydrogen) atoms. The van der Waals surface area contributed by atoms with Gasteiger partial charge in [-0.3, -0.25) is 4.79 Å². The third kappa shape index (κ3) is 3.41. The van der Waals surface area contributed by atoms with Gasteiger partial charge < -0.3 is 10.6 Å². The normalized spacial score (nSPS) is 14.5. The Labute approximate surface area is 98.2 Å². The van der Waals surface area contributed by atoms with Crippen LogP contribution in [0, 0.1) is 11.6 Å². The molecule has 2 rings (SSSR count). The predicted octanol–water partition coefficient (Wildman–Crippen LogP) is 2.05. The summed E-state index contributed by atoms with van der Waals surface area (Å²) in [4.78, 5) is 11.3. The van der Waals surface area contributed by atoms with Crippen molar-refractivity contribution in [2.75, 3.05) is 11.9 Å². The molecule has 1 aromatic rings. The Balaban J connectivity index is 1.77. The number of carbonyl (C=O) groups excluding carboxylic acids is 1. The molecule has 0 aromatic heterocycles. The van der Waals surface area contributed by atoms with Crippen LogP contribution in [0.15, 0.2) is 18.2 Å². The number of amides is 1. The molecule has 1 amide bonds. The van der Waals surface area contributed by atoms with Gasteiger partial charge in [-0.25, -0.2) is 8.78 Å². The second-order valence-electron chi connectivity index (χ2n) is 4.12. The zero-order valence-electron chi connectivity index (χ0n) is 9.30. The zero-order chi connectivity index (χ0) is 12.3. The van der Waals surface area contributed by atoms with E-state index in [2.05, 4.69) is 10.6 Å². The lowest BCUT2D eigenvalue weighted by molar-refractivity contribution is -0.120. The van der Waals surface area contributed by atoms with Gasteiger partial charge in [-0.05, 0) is 25.0 Å². The van der Waals surface area contributed by atoms with E-state index in [4.69, 9.17) is 0 Å². The Hall–Kier alpha value is -1.65. The van der Waals surface area contributed by atoms with Crippen LogP contribution in [0.2, 0.25) is 0 Å². The van der Waals surface area contributed by atoms with Gasteiger partial charge in [-0.1, -0.05) is 6.07 Å². The maximum absolute atomic E-state index is 13.2. The topological polar surface area (TPSA) is 41.1 Å². The average molecular weight is 240 g/mol. The maximum Gasteiger partial charge on any atom is 0.221 e. The molecule has 0 bridgehead atoms. The van der Waals surface area contributed by atoms with E-state index in [1.54, 1.807) is 0 Å². The highest BCUT2D eigenvalue weighted by molar-refractivity contribution is 5.77. The van der Waals surface area contributed by atoms with Crippen LogP contribution >= 0.6 is 0 Å². The van der Waals surface area contributed by atoms with Crippen LogP contribution in [0.5, 0.6) is 0 Å². The summed E-state index contributed by atoms with van der Waals surface area (Å²) in [7, 11) is 0. The largest absolute Gasteiger partial charge is 0.382 e. The summed E-state index contributed by atoms with van der Waals surface area (Å²) in [5.41, 5.74) is 0.0872. The molecule has 0 atom stereocenters. The highest BCUT2D eigenvalue weighted by Crippen LogP contribution is 2.19. The fourth-order valence-electron chi connectivity index (χ4n) is 1.48. The first-order valence-electron chi connectivity index (χ1n) is 5.64. The van der Waals surface area contributed by atoms with Crippen LogP contribution < -0.4 is 10.6 Å². The van der Waals surface area contributed by atoms with Crippen molar-refractivity contribution in [3.63, 3.8) is 0 Å². The molecule has 0 radical (unpaired) electrons. The van der Waals surface area contributed by atoms with Gasteiger partial charge in [0.2, 0.25) is 5.91 Å². The lowest BCUT2D eigenvalue weighted by atomic mass is 10.3. The second kappa shape index (κ2) is 5.12. The summed E-state index contributed by atoms with van der Waals surface area (Å²) in [6, 6.07) is 4.25. The van der Waals surface area contributed by atoms with E-state index in [1.165, 1.54) is 12.1 Å². The molecular weight excluding hydrogens is 226 g/mol. The fraction of sp³-hybridized carbons (Fsp3) is 0.417. The van der Waals surface area contributed by atoms with Crippen LogP contribution in [0.25, 0.3) is 0 Å². The minimum atomic E-state index is -0.907. The van der Waals surface area contributed by atoms with Gasteiger partial charge >= 0.3 is 0 Å². The van der Waals surface area contributed by atoms with E-state index >= 15 is 0 Å². The smallest absolute Gasteiger partial charge is 0.221 e. The number of nitrogens with one attached hydrogen (secondary N) is 2. The number of hydrogen-bond acceptors (Lipinski definition) is 2. The predicted molar refractivity (Wildman–Crippen MR) is 60.6 cm³/mol. The van der Waals surface area contributed by atoms with Gasteiger partial charge in [0.05, 0.1) is 5.69 Å². The number of halogens is 2. The van der Waals surface area contributed by atoms with Crippen molar-refractivity contribution in [2.45, 2.75) is 25.3 Å². The Bertz CT molecular complexity index is 419. The Morgan fingerprint density at radius 3 is 2.82 bits per heavy atom. The zero-order valence-corrected chi connectivity index (χ0v) is 9.30. The minimum absolute atomic E-state index is 0.0585. The van der Waals surface area contributed by atoms with E-state index in [0.717, 1.165) is 18.9 Å². The summed E-state index contributed by atoms with van der Waals surface area (Å²) in [6.45, 7) is 0.291. The van der Waals surface area contributed by atoms with Crippen molar-refractivity contribution >= 4 is 11.6 Å². The molecule has 0 aliphatic heterocycles. The molecule has 3 nitrogen and oxygen atoms in total. The number of carbonyl (C=O) groups is 1. The molecule has 1 aliphatic rings. The van der Waals surface area contributed by atoms with Crippen molar-refractivity contribution in [3.8, 4) is 0 Å². The third-order valence-corrected chi connectivity index (χ3v) is 2.56. The van der Waals surface area contributed by atoms with Crippen LogP contribution in [-0.4, -0.2) is 18.5 Å². The molecule has 0 spiro atoms. The molecule has 1 aliphatic carbocycles. The molecular formula is C12H14F2N2O. The van der Waals surface area contributed by atoms with Gasteiger partial charge in [0.25, 0.3) is 0 Å². The molecule has 1 fully saturated rings. The molecule has 0 saturated heterocycles. The van der Waals surface area contributed by atoms with Crippen molar-refractivity contribution in [3.05, 3.63) is 29.8 Å². The Kier molecular flexibility index (Phi) is 3.56. The van der Waals surface area contributed by atoms with Gasteiger partial charge in [0, 0.05) is 19.0 Å². The maximum atomic E-state index is 13.2. The standard InChI is InChI=1S/C12H14F2N2O/c13-9-2-1-3-10(12(9)14)15-7-6-11(17)16-8-4-5-8/h1-3,8,15H,4-7H2,(H,16,17). The number of hydrogen-bond donors (Lipinski definition) is 2. The molecule has 1 aromatic carbocycles. The van der Waals surface area contributed by atoms with Crippen LogP contribution in [0.3, 0.4) is 0 Å². The van der Waals surface area contributed by atoms with Gasteiger partial charge in [0.15, 0.2) is 11.6 Å². The van der Waals surface area contributed by atoms with E-state index in [-0.39, 0.29) is 18.0 Å². The van der Waals surface area contributed by atoms with Gasteiger partial charge in [0.1, 0.15) is 0 Å². The van der Waals surface area contributed by atoms with Crippen LogP contribution in [0.1, 0.15) is 19.3 Å². The first kappa shape index (κ1) is 11.8. The highest BCUT2D eigenvalue weighted by atomic mass is 19.2. The van der Waals surface area contributed by atoms with E-state index in [0.29, 0.717) is 12.6 Å². The number of rotatable bonds is 5. The second-order valence-corrected chi connectivity index (χ2v) is 4.12. The summed E-state index contributed by atoms with van der Waals surface area (Å²) < 4.78 is 26.1. The van der Waals surface area contributed by atoms with Crippen molar-refractivity contribution in [1.29, 1.82) is 0 Å². The summed E-state index contributed by atoms with van der Waals surface area (Å²) >= 11 is 0. The molecule has 5 heteroatoms. The summed E-state index contributed by atoms with van der Waals surface area (Å²) in [5, 5.41) is 5.52. The van der Waals surface area contributed by atoms with E-state index < -0.39 is 11.6 Å². The molecule has 2 N–H and O–H groups in total. The first-order valence-corrected chi connectivity index (χ1v) is 5.64. The van der Waals surface area contributed by atoms with Gasteiger partial charge in [-0.2, -0.15) is 0 Å². The molecule has 1 saturated carbocycles. The average Bonchev–Trinajstić information content (AvgIpc) is 3.08. The molecule has 0 heterocycles. The summed E-state index contributed by atoms with van der Waals surface area (Å²) in [5.74, 6) is -1.86. The lowest BCUT2D eigenvalue weighted by Crippen LogP contribution is -2.27. The SMILES string of the molecule is O=C(CCNc1cccc(F)c1F)NC1CC1. The van der Waals surface area contributed by atoms with E-state index in [9.17, 15) is 13.6 Å². The quantitative estimate of drug-likeness (QED) is 0.827. The Morgan fingerprint density at radius 2 is 2.12 bits per heavy atom. The van der Waals surface area contributed by atoms with Crippen LogP contribution in [0.4, 0.5) is 14.5 Å². The lowest BCUT2D eigenvalue weighted by Gasteiger charge is -2.08. The number of benzene rings is 1. The third-order valence-electron chi connectivity index (χ3n) is 2.56. The summed E-state index contributed by atoms with van der Waals surface area (Å²) in [6.07, 6.45) is 2.34. The monoisotopic (exact) mass is 240 g/mol. The molecule has 0 unspecified atom stereocenters. The minimum Gasteiger partial charge on any atom is -0.382 e. The molecule has 92 valence electrons.